The molecule has 37 heavy (non-hydrogen) atoms. The zero-order chi connectivity index (χ0) is 26.6. The van der Waals surface area contributed by atoms with Crippen LogP contribution in [0.2, 0.25) is 0 Å². The first-order valence-electron chi connectivity index (χ1n) is 12.7. The fourth-order valence-corrected chi connectivity index (χ4v) is 5.23. The third kappa shape index (κ3) is 8.49. The van der Waals surface area contributed by atoms with E-state index in [1.165, 1.54) is 11.3 Å². The van der Waals surface area contributed by atoms with Gasteiger partial charge in [-0.3, -0.25) is 9.59 Å². The molecule has 2 amide bonds. The maximum absolute atomic E-state index is 13.1. The molecule has 1 fully saturated rings. The topological polar surface area (TPSA) is 90.4 Å². The molecule has 204 valence electrons. The maximum atomic E-state index is 13.1. The number of likely N-dealkylation sites (tertiary alicyclic amines) is 1. The summed E-state index contributed by atoms with van der Waals surface area (Å²) in [5.41, 5.74) is 1.55. The number of para-hydroxylation sites is 1. The van der Waals surface area contributed by atoms with E-state index in [1.807, 2.05) is 48.5 Å². The molecule has 0 saturated carbocycles. The summed E-state index contributed by atoms with van der Waals surface area (Å²) in [7, 11) is 5.10. The quantitative estimate of drug-likeness (QED) is 0.345. The van der Waals surface area contributed by atoms with E-state index in [0.29, 0.717) is 51.6 Å². The van der Waals surface area contributed by atoms with E-state index < -0.39 is 0 Å². The summed E-state index contributed by atoms with van der Waals surface area (Å²) in [5.74, 6) is 0.994. The van der Waals surface area contributed by atoms with Crippen molar-refractivity contribution in [2.45, 2.75) is 38.1 Å². The zero-order valence-corrected chi connectivity index (χ0v) is 23.1. The molecule has 1 saturated heterocycles. The predicted molar refractivity (Wildman–Crippen MR) is 142 cm³/mol. The van der Waals surface area contributed by atoms with E-state index in [0.717, 1.165) is 29.2 Å². The number of hydrogen-bond acceptors (Lipinski definition) is 8. The molecule has 10 heteroatoms. The molecule has 1 aromatic carbocycles. The van der Waals surface area contributed by atoms with E-state index in [2.05, 4.69) is 0 Å². The van der Waals surface area contributed by atoms with Crippen LogP contribution in [0.5, 0.6) is 5.75 Å². The minimum Gasteiger partial charge on any atom is -0.496 e. The Morgan fingerprint density at radius 1 is 1.11 bits per heavy atom. The summed E-state index contributed by atoms with van der Waals surface area (Å²) in [6, 6.07) is 7.86. The number of nitrogens with zero attached hydrogens (tertiary/aromatic N) is 3. The number of aromatic nitrogens is 1. The van der Waals surface area contributed by atoms with Crippen LogP contribution in [0.1, 0.15) is 46.7 Å². The molecule has 1 aliphatic rings. The minimum absolute atomic E-state index is 0.00370. The number of thiazole rings is 1. The molecule has 0 N–H and O–H groups in total. The van der Waals surface area contributed by atoms with Gasteiger partial charge in [-0.15, -0.1) is 11.3 Å². The summed E-state index contributed by atoms with van der Waals surface area (Å²) >= 11 is 1.53. The Morgan fingerprint density at radius 2 is 1.81 bits per heavy atom. The van der Waals surface area contributed by atoms with E-state index in [9.17, 15) is 9.59 Å². The Hall–Kier alpha value is -2.53. The molecule has 0 bridgehead atoms. The number of hydrogen-bond donors (Lipinski definition) is 0. The molecule has 2 heterocycles. The van der Waals surface area contributed by atoms with Crippen molar-refractivity contribution >= 4 is 23.2 Å². The van der Waals surface area contributed by atoms with Crippen LogP contribution in [0.4, 0.5) is 0 Å². The lowest BCUT2D eigenvalue weighted by atomic mass is 9.97. The van der Waals surface area contributed by atoms with Crippen molar-refractivity contribution in [3.63, 3.8) is 0 Å². The standard InChI is InChI=1S/C27H39N3O6S/c1-20(17-22-7-5-6-8-24(22)34-4)29(2)27(32)23-19-37-26(28-23)21-9-11-30(12-10-21)25(31)18-36-16-15-35-14-13-33-3/h5-8,19-21H,9-18H2,1-4H3. The number of likely N-dealkylation sites (N-methyl/N-ethyl adjacent to an activating group) is 1. The second kappa shape index (κ2) is 15.0. The molecule has 2 aromatic rings. The number of amides is 2. The summed E-state index contributed by atoms with van der Waals surface area (Å²) in [5, 5.41) is 2.81. The Balaban J connectivity index is 1.43. The average Bonchev–Trinajstić information content (AvgIpc) is 3.42. The fourth-order valence-electron chi connectivity index (χ4n) is 4.27. The van der Waals surface area contributed by atoms with Crippen molar-refractivity contribution in [2.75, 3.05) is 67.4 Å². The molecule has 1 aromatic heterocycles. The molecule has 0 spiro atoms. The number of piperidine rings is 1. The first-order chi connectivity index (χ1) is 17.9. The van der Waals surface area contributed by atoms with Crippen molar-refractivity contribution in [1.29, 1.82) is 0 Å². The Morgan fingerprint density at radius 3 is 2.54 bits per heavy atom. The van der Waals surface area contributed by atoms with Gasteiger partial charge in [0.05, 0.1) is 38.5 Å². The number of carbonyl (C=O) groups excluding carboxylic acids is 2. The van der Waals surface area contributed by atoms with Gasteiger partial charge in [0, 0.05) is 44.6 Å². The predicted octanol–water partition coefficient (Wildman–Crippen LogP) is 3.24. The number of benzene rings is 1. The normalized spacial score (nSPS) is 15.0. The Labute approximate surface area is 223 Å². The van der Waals surface area contributed by atoms with Crippen LogP contribution in [-0.2, 0) is 25.4 Å². The average molecular weight is 534 g/mol. The van der Waals surface area contributed by atoms with Gasteiger partial charge in [-0.05, 0) is 37.8 Å². The van der Waals surface area contributed by atoms with Gasteiger partial charge in [0.25, 0.3) is 5.91 Å². The fraction of sp³-hybridized carbons (Fsp3) is 0.593. The molecule has 0 radical (unpaired) electrons. The van der Waals surface area contributed by atoms with Crippen LogP contribution in [0.15, 0.2) is 29.6 Å². The van der Waals surface area contributed by atoms with E-state index in [4.69, 9.17) is 23.9 Å². The van der Waals surface area contributed by atoms with Gasteiger partial charge in [0.15, 0.2) is 0 Å². The van der Waals surface area contributed by atoms with E-state index in [1.54, 1.807) is 19.1 Å². The van der Waals surface area contributed by atoms with Crippen molar-refractivity contribution in [1.82, 2.24) is 14.8 Å². The lowest BCUT2D eigenvalue weighted by Crippen LogP contribution is -2.40. The largest absolute Gasteiger partial charge is 0.496 e. The van der Waals surface area contributed by atoms with E-state index >= 15 is 0 Å². The van der Waals surface area contributed by atoms with Crippen molar-refractivity contribution < 1.29 is 28.5 Å². The zero-order valence-electron chi connectivity index (χ0n) is 22.3. The SMILES string of the molecule is COCCOCCOCC(=O)N1CCC(c2nc(C(=O)N(C)C(C)Cc3ccccc3OC)cs2)CC1. The van der Waals surface area contributed by atoms with Crippen molar-refractivity contribution in [3.8, 4) is 5.75 Å². The Bertz CT molecular complexity index is 992. The van der Waals surface area contributed by atoms with Gasteiger partial charge < -0.3 is 28.7 Å². The van der Waals surface area contributed by atoms with Crippen LogP contribution in [0.25, 0.3) is 0 Å². The van der Waals surface area contributed by atoms with Gasteiger partial charge in [-0.25, -0.2) is 4.98 Å². The summed E-state index contributed by atoms with van der Waals surface area (Å²) in [6.45, 7) is 5.31. The number of rotatable bonds is 14. The number of ether oxygens (including phenoxy) is 4. The van der Waals surface area contributed by atoms with Gasteiger partial charge in [0.1, 0.15) is 18.1 Å². The molecular formula is C27H39N3O6S. The molecule has 3 rings (SSSR count). The van der Waals surface area contributed by atoms with Gasteiger partial charge in [0.2, 0.25) is 5.91 Å². The van der Waals surface area contributed by atoms with E-state index in [-0.39, 0.29) is 30.4 Å². The first kappa shape index (κ1) is 29.0. The highest BCUT2D eigenvalue weighted by atomic mass is 32.1. The Kier molecular flexibility index (Phi) is 11.8. The molecule has 1 unspecified atom stereocenters. The van der Waals surface area contributed by atoms with Crippen molar-refractivity contribution in [2.24, 2.45) is 0 Å². The van der Waals surface area contributed by atoms with Crippen LogP contribution in [0, 0.1) is 0 Å². The lowest BCUT2D eigenvalue weighted by molar-refractivity contribution is -0.137. The molecule has 0 aliphatic carbocycles. The number of carbonyl (C=O) groups is 2. The third-order valence-electron chi connectivity index (χ3n) is 6.66. The van der Waals surface area contributed by atoms with Crippen LogP contribution in [0.3, 0.4) is 0 Å². The summed E-state index contributed by atoms with van der Waals surface area (Å²) < 4.78 is 21.1. The third-order valence-corrected chi connectivity index (χ3v) is 7.66. The minimum atomic E-state index is -0.0825. The second-order valence-electron chi connectivity index (χ2n) is 9.16. The highest BCUT2D eigenvalue weighted by molar-refractivity contribution is 7.09. The molecule has 1 aliphatic heterocycles. The highest BCUT2D eigenvalue weighted by Gasteiger charge is 2.27. The first-order valence-corrected chi connectivity index (χ1v) is 13.6. The molecule has 9 nitrogen and oxygen atoms in total. The second-order valence-corrected chi connectivity index (χ2v) is 10.1. The van der Waals surface area contributed by atoms with Crippen LogP contribution < -0.4 is 4.74 Å². The van der Waals surface area contributed by atoms with Gasteiger partial charge in [-0.1, -0.05) is 18.2 Å². The smallest absolute Gasteiger partial charge is 0.273 e. The molecule has 1 atom stereocenters. The van der Waals surface area contributed by atoms with Gasteiger partial charge >= 0.3 is 0 Å². The van der Waals surface area contributed by atoms with Gasteiger partial charge in [-0.2, -0.15) is 0 Å². The van der Waals surface area contributed by atoms with Crippen LogP contribution in [-0.4, -0.2) is 100 Å². The number of methoxy groups -OCH3 is 2. The van der Waals surface area contributed by atoms with Crippen LogP contribution >= 0.6 is 11.3 Å². The molecular weight excluding hydrogens is 494 g/mol. The highest BCUT2D eigenvalue weighted by Crippen LogP contribution is 2.31. The maximum Gasteiger partial charge on any atom is 0.273 e. The summed E-state index contributed by atoms with van der Waals surface area (Å²) in [4.78, 5) is 33.9. The summed E-state index contributed by atoms with van der Waals surface area (Å²) in [6.07, 6.45) is 2.35. The van der Waals surface area contributed by atoms with Crippen molar-refractivity contribution in [3.05, 3.63) is 45.9 Å². The monoisotopic (exact) mass is 533 g/mol. The lowest BCUT2D eigenvalue weighted by Gasteiger charge is -2.31.